The largest absolute Gasteiger partial charge is 0.340 e. The van der Waals surface area contributed by atoms with Crippen molar-refractivity contribution in [1.29, 1.82) is 0 Å². The average molecular weight is 343 g/mol. The SMILES string of the molecule is CC(=O)N1CCN(Cc2cccc(NC(=O)c3ccsc3)c2)CC1. The molecule has 0 radical (unpaired) electrons. The van der Waals surface area contributed by atoms with Crippen LogP contribution >= 0.6 is 11.3 Å². The Hall–Kier alpha value is -2.18. The van der Waals surface area contributed by atoms with Crippen molar-refractivity contribution in [3.05, 3.63) is 52.2 Å². The molecule has 24 heavy (non-hydrogen) atoms. The van der Waals surface area contributed by atoms with Gasteiger partial charge in [0.2, 0.25) is 5.91 Å². The van der Waals surface area contributed by atoms with Gasteiger partial charge in [-0.25, -0.2) is 0 Å². The predicted octanol–water partition coefficient (Wildman–Crippen LogP) is 2.66. The Morgan fingerprint density at radius 2 is 1.96 bits per heavy atom. The van der Waals surface area contributed by atoms with Crippen LogP contribution in [0.25, 0.3) is 0 Å². The van der Waals surface area contributed by atoms with Crippen molar-refractivity contribution in [3.63, 3.8) is 0 Å². The van der Waals surface area contributed by atoms with Crippen LogP contribution in [0.3, 0.4) is 0 Å². The summed E-state index contributed by atoms with van der Waals surface area (Å²) in [6.45, 7) is 5.77. The van der Waals surface area contributed by atoms with Crippen LogP contribution in [0, 0.1) is 0 Å². The van der Waals surface area contributed by atoms with Crippen LogP contribution in [0.5, 0.6) is 0 Å². The first-order valence-corrected chi connectivity index (χ1v) is 8.96. The fourth-order valence-corrected chi connectivity index (χ4v) is 3.46. The van der Waals surface area contributed by atoms with E-state index >= 15 is 0 Å². The summed E-state index contributed by atoms with van der Waals surface area (Å²) >= 11 is 1.51. The van der Waals surface area contributed by atoms with E-state index in [1.807, 2.05) is 39.9 Å². The minimum Gasteiger partial charge on any atom is -0.340 e. The number of hydrogen-bond acceptors (Lipinski definition) is 4. The van der Waals surface area contributed by atoms with E-state index in [1.54, 1.807) is 6.92 Å². The Morgan fingerprint density at radius 1 is 1.17 bits per heavy atom. The number of carbonyl (C=O) groups is 2. The Kier molecular flexibility index (Phi) is 5.27. The van der Waals surface area contributed by atoms with E-state index in [9.17, 15) is 9.59 Å². The standard InChI is InChI=1S/C18H21N3O2S/c1-14(22)21-8-6-20(7-9-21)12-15-3-2-4-17(11-15)19-18(23)16-5-10-24-13-16/h2-5,10-11,13H,6-9,12H2,1H3,(H,19,23). The van der Waals surface area contributed by atoms with Crippen LogP contribution in [0.15, 0.2) is 41.1 Å². The molecule has 126 valence electrons. The summed E-state index contributed by atoms with van der Waals surface area (Å²) in [6, 6.07) is 9.77. The van der Waals surface area contributed by atoms with Gasteiger partial charge in [-0.2, -0.15) is 11.3 Å². The van der Waals surface area contributed by atoms with Gasteiger partial charge in [0.05, 0.1) is 5.56 Å². The van der Waals surface area contributed by atoms with Crippen molar-refractivity contribution in [2.45, 2.75) is 13.5 Å². The van der Waals surface area contributed by atoms with Gasteiger partial charge < -0.3 is 10.2 Å². The Bertz CT molecular complexity index is 707. The quantitative estimate of drug-likeness (QED) is 0.929. The second-order valence-corrected chi connectivity index (χ2v) is 6.73. The fraction of sp³-hybridized carbons (Fsp3) is 0.333. The Balaban J connectivity index is 1.58. The number of thiophene rings is 1. The molecule has 1 aromatic carbocycles. The molecule has 1 saturated heterocycles. The molecule has 2 heterocycles. The highest BCUT2D eigenvalue weighted by Crippen LogP contribution is 2.16. The smallest absolute Gasteiger partial charge is 0.256 e. The summed E-state index contributed by atoms with van der Waals surface area (Å²) in [5, 5.41) is 6.68. The molecule has 1 aliphatic rings. The fourth-order valence-electron chi connectivity index (χ4n) is 2.82. The summed E-state index contributed by atoms with van der Waals surface area (Å²) in [5.41, 5.74) is 2.66. The van der Waals surface area contributed by atoms with Gasteiger partial charge in [-0.1, -0.05) is 12.1 Å². The molecule has 0 atom stereocenters. The molecule has 2 amide bonds. The van der Waals surface area contributed by atoms with Crippen LogP contribution in [0.1, 0.15) is 22.8 Å². The number of benzene rings is 1. The van der Waals surface area contributed by atoms with E-state index < -0.39 is 0 Å². The van der Waals surface area contributed by atoms with Gasteiger partial charge in [-0.05, 0) is 29.1 Å². The highest BCUT2D eigenvalue weighted by molar-refractivity contribution is 7.08. The molecule has 3 rings (SSSR count). The summed E-state index contributed by atoms with van der Waals surface area (Å²) in [5.74, 6) is 0.0660. The van der Waals surface area contributed by atoms with Crippen molar-refractivity contribution >= 4 is 28.8 Å². The molecule has 1 fully saturated rings. The third kappa shape index (κ3) is 4.21. The molecule has 0 bridgehead atoms. The Labute approximate surface area is 145 Å². The molecule has 1 N–H and O–H groups in total. The van der Waals surface area contributed by atoms with Gasteiger partial charge in [0, 0.05) is 50.7 Å². The molecule has 5 nitrogen and oxygen atoms in total. The zero-order valence-electron chi connectivity index (χ0n) is 13.7. The van der Waals surface area contributed by atoms with Gasteiger partial charge in [0.25, 0.3) is 5.91 Å². The maximum absolute atomic E-state index is 12.1. The number of piperazine rings is 1. The monoisotopic (exact) mass is 343 g/mol. The molecule has 1 aromatic heterocycles. The third-order valence-corrected chi connectivity index (χ3v) is 4.88. The van der Waals surface area contributed by atoms with Gasteiger partial charge in [-0.3, -0.25) is 14.5 Å². The van der Waals surface area contributed by atoms with Crippen molar-refractivity contribution in [2.75, 3.05) is 31.5 Å². The highest BCUT2D eigenvalue weighted by Gasteiger charge is 2.18. The normalized spacial score (nSPS) is 15.3. The van der Waals surface area contributed by atoms with Crippen molar-refractivity contribution in [3.8, 4) is 0 Å². The van der Waals surface area contributed by atoms with E-state index in [0.29, 0.717) is 5.56 Å². The van der Waals surface area contributed by atoms with Gasteiger partial charge in [0.1, 0.15) is 0 Å². The number of hydrogen-bond donors (Lipinski definition) is 1. The lowest BCUT2D eigenvalue weighted by Crippen LogP contribution is -2.47. The summed E-state index contributed by atoms with van der Waals surface area (Å²) in [7, 11) is 0. The maximum Gasteiger partial charge on any atom is 0.256 e. The first-order chi connectivity index (χ1) is 11.6. The maximum atomic E-state index is 12.1. The van der Waals surface area contributed by atoms with E-state index in [1.165, 1.54) is 11.3 Å². The molecule has 0 saturated carbocycles. The average Bonchev–Trinajstić information content (AvgIpc) is 3.10. The number of amides is 2. The van der Waals surface area contributed by atoms with E-state index in [2.05, 4.69) is 16.3 Å². The van der Waals surface area contributed by atoms with Crippen LogP contribution in [0.2, 0.25) is 0 Å². The van der Waals surface area contributed by atoms with Crippen LogP contribution in [-0.2, 0) is 11.3 Å². The lowest BCUT2D eigenvalue weighted by atomic mass is 10.1. The second kappa shape index (κ2) is 7.59. The molecule has 0 spiro atoms. The number of carbonyl (C=O) groups excluding carboxylic acids is 2. The van der Waals surface area contributed by atoms with Crippen molar-refractivity contribution in [2.24, 2.45) is 0 Å². The minimum absolute atomic E-state index is 0.0801. The molecule has 6 heteroatoms. The van der Waals surface area contributed by atoms with Gasteiger partial charge in [-0.15, -0.1) is 0 Å². The van der Waals surface area contributed by atoms with Crippen LogP contribution in [0.4, 0.5) is 5.69 Å². The number of nitrogens with zero attached hydrogens (tertiary/aromatic N) is 2. The van der Waals surface area contributed by atoms with E-state index in [0.717, 1.165) is 44.0 Å². The molecule has 2 aromatic rings. The summed E-state index contributed by atoms with van der Waals surface area (Å²) in [6.07, 6.45) is 0. The molecular weight excluding hydrogens is 322 g/mol. The van der Waals surface area contributed by atoms with E-state index in [-0.39, 0.29) is 11.8 Å². The zero-order valence-corrected chi connectivity index (χ0v) is 14.5. The first kappa shape index (κ1) is 16.7. The topological polar surface area (TPSA) is 52.7 Å². The Morgan fingerprint density at radius 3 is 2.62 bits per heavy atom. The van der Waals surface area contributed by atoms with Gasteiger partial charge in [0.15, 0.2) is 0 Å². The first-order valence-electron chi connectivity index (χ1n) is 8.02. The minimum atomic E-state index is -0.0801. The van der Waals surface area contributed by atoms with Crippen LogP contribution in [-0.4, -0.2) is 47.8 Å². The van der Waals surface area contributed by atoms with Crippen molar-refractivity contribution in [1.82, 2.24) is 9.80 Å². The number of nitrogens with one attached hydrogen (secondary N) is 1. The predicted molar refractivity (Wildman–Crippen MR) is 96.2 cm³/mol. The summed E-state index contributed by atoms with van der Waals surface area (Å²) in [4.78, 5) is 27.7. The van der Waals surface area contributed by atoms with Crippen molar-refractivity contribution < 1.29 is 9.59 Å². The molecule has 0 unspecified atom stereocenters. The van der Waals surface area contributed by atoms with E-state index in [4.69, 9.17) is 0 Å². The number of rotatable bonds is 4. The molecule has 1 aliphatic heterocycles. The summed E-state index contributed by atoms with van der Waals surface area (Å²) < 4.78 is 0. The van der Waals surface area contributed by atoms with Crippen LogP contribution < -0.4 is 5.32 Å². The molecule has 0 aliphatic carbocycles. The lowest BCUT2D eigenvalue weighted by Gasteiger charge is -2.34. The van der Waals surface area contributed by atoms with Gasteiger partial charge >= 0.3 is 0 Å². The lowest BCUT2D eigenvalue weighted by molar-refractivity contribution is -0.130. The zero-order chi connectivity index (χ0) is 16.9. The third-order valence-electron chi connectivity index (χ3n) is 4.19. The highest BCUT2D eigenvalue weighted by atomic mass is 32.1. The number of anilines is 1. The second-order valence-electron chi connectivity index (χ2n) is 5.95. The molecular formula is C18H21N3O2S.